The summed E-state index contributed by atoms with van der Waals surface area (Å²) in [5, 5.41) is 0. The Morgan fingerprint density at radius 2 is 2.33 bits per heavy atom. The molecule has 0 spiro atoms. The first kappa shape index (κ1) is 14.8. The predicted molar refractivity (Wildman–Crippen MR) is 80.1 cm³/mol. The van der Waals surface area contributed by atoms with Gasteiger partial charge in [0.25, 0.3) is 0 Å². The Labute approximate surface area is 125 Å². The molecule has 1 saturated heterocycles. The Morgan fingerprint density at radius 3 is 3.10 bits per heavy atom. The number of nitrogen functional groups attached to an aromatic ring is 1. The fraction of sp³-hybridized carbons (Fsp3) is 0.500. The van der Waals surface area contributed by atoms with Crippen LogP contribution in [-0.2, 0) is 21.1 Å². The number of ether oxygens (including phenoxy) is 1. The Kier molecular flexibility index (Phi) is 4.16. The number of aromatic nitrogens is 4. The second-order valence-corrected chi connectivity index (χ2v) is 6.56. The number of hydrogen-bond donors (Lipinski definition) is 3. The van der Waals surface area contributed by atoms with Gasteiger partial charge in [-0.25, -0.2) is 15.0 Å². The van der Waals surface area contributed by atoms with E-state index in [0.717, 1.165) is 0 Å². The first-order valence-electron chi connectivity index (χ1n) is 6.26. The molecule has 3 heterocycles. The summed E-state index contributed by atoms with van der Waals surface area (Å²) in [7, 11) is -2.16. The van der Waals surface area contributed by atoms with Gasteiger partial charge in [-0.1, -0.05) is 0 Å². The van der Waals surface area contributed by atoms with Gasteiger partial charge in [-0.15, -0.1) is 0 Å². The first-order chi connectivity index (χ1) is 10.1. The number of fused-ring (bicyclic) bond motifs is 1. The van der Waals surface area contributed by atoms with Crippen LogP contribution in [0.15, 0.2) is 12.7 Å². The molecular formula is C10H15N6O3PS. The van der Waals surface area contributed by atoms with Crippen molar-refractivity contribution in [1.82, 2.24) is 19.5 Å². The van der Waals surface area contributed by atoms with E-state index in [2.05, 4.69) is 26.8 Å². The Balaban J connectivity index is 1.81. The van der Waals surface area contributed by atoms with Crippen molar-refractivity contribution < 1.29 is 14.2 Å². The van der Waals surface area contributed by atoms with Gasteiger partial charge >= 0.3 is 0 Å². The van der Waals surface area contributed by atoms with Crippen molar-refractivity contribution in [3.63, 3.8) is 0 Å². The van der Waals surface area contributed by atoms with Gasteiger partial charge in [0, 0.05) is 12.5 Å². The van der Waals surface area contributed by atoms with Crippen LogP contribution in [0.25, 0.3) is 11.2 Å². The number of nitrogens with two attached hydrogens (primary N) is 2. The van der Waals surface area contributed by atoms with Crippen LogP contribution in [0.1, 0.15) is 12.6 Å². The Hall–Kier alpha value is -1.16. The van der Waals surface area contributed by atoms with E-state index in [1.54, 1.807) is 10.9 Å². The third-order valence-electron chi connectivity index (χ3n) is 3.35. The molecule has 0 aliphatic carbocycles. The molecule has 1 aliphatic heterocycles. The lowest BCUT2D eigenvalue weighted by Crippen LogP contribution is -2.33. The van der Waals surface area contributed by atoms with E-state index in [4.69, 9.17) is 25.6 Å². The van der Waals surface area contributed by atoms with Crippen molar-refractivity contribution in [2.24, 2.45) is 5.73 Å². The Morgan fingerprint density at radius 1 is 1.52 bits per heavy atom. The zero-order chi connectivity index (χ0) is 15.0. The number of rotatable bonds is 4. The van der Waals surface area contributed by atoms with Crippen LogP contribution >= 0.6 is 7.15 Å². The summed E-state index contributed by atoms with van der Waals surface area (Å²) in [6.45, 7) is 0.176. The van der Waals surface area contributed by atoms with Crippen molar-refractivity contribution in [1.29, 1.82) is 0 Å². The summed E-state index contributed by atoms with van der Waals surface area (Å²) in [4.78, 5) is 21.3. The highest BCUT2D eigenvalue weighted by Gasteiger charge is 2.35. The molecule has 9 nitrogen and oxygen atoms in total. The van der Waals surface area contributed by atoms with Gasteiger partial charge in [-0.2, -0.15) is 0 Å². The van der Waals surface area contributed by atoms with E-state index in [-0.39, 0.29) is 25.0 Å². The van der Waals surface area contributed by atoms with Crippen molar-refractivity contribution in [3.05, 3.63) is 12.7 Å². The fourth-order valence-corrected chi connectivity index (χ4v) is 2.83. The van der Waals surface area contributed by atoms with E-state index >= 15 is 0 Å². The van der Waals surface area contributed by atoms with Gasteiger partial charge in [0.1, 0.15) is 18.1 Å². The summed E-state index contributed by atoms with van der Waals surface area (Å²) >= 11 is 4.63. The van der Waals surface area contributed by atoms with Crippen LogP contribution in [0.5, 0.6) is 0 Å². The molecule has 114 valence electrons. The van der Waals surface area contributed by atoms with Gasteiger partial charge in [-0.3, -0.25) is 4.57 Å². The van der Waals surface area contributed by atoms with Crippen LogP contribution < -0.4 is 11.5 Å². The smallest absolute Gasteiger partial charge is 0.173 e. The van der Waals surface area contributed by atoms with Gasteiger partial charge in [0.05, 0.1) is 19.0 Å². The summed E-state index contributed by atoms with van der Waals surface area (Å²) < 4.78 is 12.7. The lowest BCUT2D eigenvalue weighted by Gasteiger charge is -2.15. The highest BCUT2D eigenvalue weighted by Crippen LogP contribution is 2.31. The molecule has 4 atom stereocenters. The topological polar surface area (TPSA) is 134 Å². The average Bonchev–Trinajstić information content (AvgIpc) is 3.01. The maximum absolute atomic E-state index is 9.07. The number of hydrogen-bond acceptors (Lipinski definition) is 8. The number of imidazole rings is 1. The van der Waals surface area contributed by atoms with Gasteiger partial charge in [0.15, 0.2) is 18.6 Å². The van der Waals surface area contributed by atoms with Crippen molar-refractivity contribution in [3.8, 4) is 0 Å². The second-order valence-electron chi connectivity index (χ2n) is 4.69. The van der Waals surface area contributed by atoms with E-state index in [0.29, 0.717) is 23.4 Å². The lowest BCUT2D eigenvalue weighted by atomic mass is 10.1. The van der Waals surface area contributed by atoms with Gasteiger partial charge in [-0.05, 0) is 11.8 Å². The van der Waals surface area contributed by atoms with Gasteiger partial charge in [0.2, 0.25) is 0 Å². The maximum Gasteiger partial charge on any atom is 0.173 e. The number of nitrogens with zero attached hydrogens (tertiary/aromatic N) is 4. The third kappa shape index (κ3) is 2.91. The van der Waals surface area contributed by atoms with Crippen molar-refractivity contribution in [2.75, 3.05) is 12.3 Å². The Bertz CT molecular complexity index is 682. The lowest BCUT2D eigenvalue weighted by molar-refractivity contribution is -0.0174. The standard InChI is InChI=1S/C10H15N6O3PS/c11-5-1-7(19-6(5)2-18-20(17)21)16-4-15-8-9(12)13-3-14-10(8)16/h3-7,20H,1-2,11H2,(H,17,21)(H2,12,13,14)/t5-,6-,7-/m1/s1. The third-order valence-corrected chi connectivity index (χ3v) is 4.12. The van der Waals surface area contributed by atoms with E-state index < -0.39 is 7.15 Å². The molecule has 2 aromatic heterocycles. The molecule has 2 aromatic rings. The van der Waals surface area contributed by atoms with Crippen LogP contribution in [0, 0.1) is 0 Å². The molecule has 0 saturated carbocycles. The van der Waals surface area contributed by atoms with Crippen LogP contribution in [0.2, 0.25) is 0 Å². The molecule has 0 bridgehead atoms. The minimum absolute atomic E-state index is 0.176. The van der Waals surface area contributed by atoms with Crippen LogP contribution in [-0.4, -0.2) is 43.2 Å². The molecule has 3 rings (SSSR count). The molecule has 1 unspecified atom stereocenters. The zero-order valence-corrected chi connectivity index (χ0v) is 12.7. The molecule has 1 aliphatic rings. The molecule has 0 amide bonds. The highest BCUT2D eigenvalue weighted by molar-refractivity contribution is 8.00. The van der Waals surface area contributed by atoms with Crippen LogP contribution in [0.4, 0.5) is 5.82 Å². The highest BCUT2D eigenvalue weighted by atomic mass is 32.4. The van der Waals surface area contributed by atoms with Crippen molar-refractivity contribution in [2.45, 2.75) is 24.8 Å². The minimum Gasteiger partial charge on any atom is -0.382 e. The molecule has 0 radical (unpaired) electrons. The predicted octanol–water partition coefficient (Wildman–Crippen LogP) is -0.462. The van der Waals surface area contributed by atoms with E-state index in [1.807, 2.05) is 0 Å². The monoisotopic (exact) mass is 330 g/mol. The summed E-state index contributed by atoms with van der Waals surface area (Å²) in [5.41, 5.74) is 12.9. The van der Waals surface area contributed by atoms with Gasteiger partial charge < -0.3 is 25.6 Å². The van der Waals surface area contributed by atoms with Crippen molar-refractivity contribution >= 4 is 35.9 Å². The molecule has 21 heavy (non-hydrogen) atoms. The normalized spacial score (nSPS) is 27.2. The fourth-order valence-electron chi connectivity index (χ4n) is 2.32. The first-order valence-corrected chi connectivity index (χ1v) is 8.75. The largest absolute Gasteiger partial charge is 0.382 e. The van der Waals surface area contributed by atoms with E-state index in [9.17, 15) is 0 Å². The molecular weight excluding hydrogens is 315 g/mol. The molecule has 5 N–H and O–H groups in total. The quantitative estimate of drug-likeness (QED) is 0.636. The maximum atomic E-state index is 9.07. The average molecular weight is 330 g/mol. The number of anilines is 1. The molecule has 1 fully saturated rings. The second kappa shape index (κ2) is 5.91. The minimum atomic E-state index is -2.16. The SMILES string of the molecule is Nc1ncnc2c1ncn2[C@H]1C[C@@H](N)[C@@H](CO[PH](O)=S)O1. The zero-order valence-electron chi connectivity index (χ0n) is 10.9. The van der Waals surface area contributed by atoms with E-state index in [1.165, 1.54) is 6.33 Å². The van der Waals surface area contributed by atoms with Crippen LogP contribution in [0.3, 0.4) is 0 Å². The molecule has 11 heteroatoms. The molecule has 0 aromatic carbocycles. The summed E-state index contributed by atoms with van der Waals surface area (Å²) in [6.07, 6.45) is 2.91. The summed E-state index contributed by atoms with van der Waals surface area (Å²) in [5.74, 6) is 0.319. The summed E-state index contributed by atoms with van der Waals surface area (Å²) in [6, 6.07) is -0.219.